The number of nitrogens with one attached hydrogen (secondary N) is 1. The van der Waals surface area contributed by atoms with Gasteiger partial charge >= 0.3 is 18.4 Å². The number of aliphatic carboxylic acids is 1. The minimum atomic E-state index is -4.81. The number of ether oxygens (including phenoxy) is 1. The van der Waals surface area contributed by atoms with E-state index in [0.717, 1.165) is 31.2 Å². The summed E-state index contributed by atoms with van der Waals surface area (Å²) in [5.41, 5.74) is 1.29. The van der Waals surface area contributed by atoms with Crippen molar-refractivity contribution in [2.45, 2.75) is 77.4 Å². The molecule has 0 aromatic heterocycles. The zero-order chi connectivity index (χ0) is 31.6. The molecule has 43 heavy (non-hydrogen) atoms. The molecule has 1 spiro atoms. The van der Waals surface area contributed by atoms with Gasteiger partial charge in [-0.2, -0.15) is 0 Å². The topological polar surface area (TPSA) is 119 Å². The van der Waals surface area contributed by atoms with Crippen LogP contribution in [0.5, 0.6) is 5.75 Å². The molecule has 2 aliphatic rings. The van der Waals surface area contributed by atoms with E-state index in [1.54, 1.807) is 29.2 Å². The Kier molecular flexibility index (Phi) is 9.29. The molecule has 1 atom stereocenters. The fourth-order valence-electron chi connectivity index (χ4n) is 6.07. The lowest BCUT2D eigenvalue weighted by atomic mass is 9.65. The van der Waals surface area contributed by atoms with Gasteiger partial charge in [0.25, 0.3) is 5.91 Å². The summed E-state index contributed by atoms with van der Waals surface area (Å²) in [5, 5.41) is 20.6. The molecule has 3 amide bonds. The second kappa shape index (κ2) is 12.4. The molecule has 3 N–H and O–H groups in total. The summed E-state index contributed by atoms with van der Waals surface area (Å²) >= 11 is 0. The van der Waals surface area contributed by atoms with E-state index in [1.165, 1.54) is 24.3 Å². The highest BCUT2D eigenvalue weighted by Gasteiger charge is 2.48. The second-order valence-corrected chi connectivity index (χ2v) is 12.4. The molecule has 0 radical (unpaired) electrons. The highest BCUT2D eigenvalue weighted by molar-refractivity contribution is 5.95. The fraction of sp³-hybridized carbons (Fsp3) is 0.516. The average molecular weight is 606 g/mol. The predicted molar refractivity (Wildman–Crippen MR) is 153 cm³/mol. The number of aliphatic hydroxyl groups excluding tert-OH is 1. The number of amides is 3. The first-order valence-corrected chi connectivity index (χ1v) is 14.3. The summed E-state index contributed by atoms with van der Waals surface area (Å²) in [5.74, 6) is -1.82. The van der Waals surface area contributed by atoms with Crippen LogP contribution < -0.4 is 15.0 Å². The van der Waals surface area contributed by atoms with E-state index in [-0.39, 0.29) is 34.8 Å². The summed E-state index contributed by atoms with van der Waals surface area (Å²) in [6.45, 7) is 6.95. The average Bonchev–Trinajstić information content (AvgIpc) is 2.94. The Hall–Kier alpha value is -3.80. The largest absolute Gasteiger partial charge is 0.573 e. The highest BCUT2D eigenvalue weighted by Crippen LogP contribution is 2.47. The number of urea groups is 1. The number of hydrogen-bond acceptors (Lipinski definition) is 5. The van der Waals surface area contributed by atoms with Crippen molar-refractivity contribution in [1.29, 1.82) is 0 Å². The Morgan fingerprint density at radius 3 is 2.16 bits per heavy atom. The van der Waals surface area contributed by atoms with E-state index in [1.807, 2.05) is 4.90 Å². The number of carbonyl (C=O) groups is 3. The van der Waals surface area contributed by atoms with E-state index in [9.17, 15) is 32.7 Å². The van der Waals surface area contributed by atoms with E-state index in [4.69, 9.17) is 5.11 Å². The van der Waals surface area contributed by atoms with Gasteiger partial charge in [-0.15, -0.1) is 13.2 Å². The number of hydrogen-bond donors (Lipinski definition) is 3. The standard InChI is InChI=1S/C31H38F3N3O6/c1-29(2,3)22-12-14-30(15-13-22)16-17-36(23-8-10-24(11-9-23)43-31(32,33)34)28(42)37(30)19-20-4-6-21(7-5-20)26(39)35-18-25(38)27(40)41/h4-11,22,25,38H,12-19H2,1-3H3,(H,35,39)(H,40,41)/t22?,25-,30?/m1/s1. The number of carboxylic acid groups (broad SMARTS) is 1. The Balaban J connectivity index is 1.54. The molecule has 1 saturated heterocycles. The lowest BCUT2D eigenvalue weighted by Crippen LogP contribution is -2.63. The monoisotopic (exact) mass is 605 g/mol. The molecule has 4 rings (SSSR count). The summed E-state index contributed by atoms with van der Waals surface area (Å²) in [6, 6.07) is 11.6. The number of alkyl halides is 3. The molecular formula is C31H38F3N3O6. The first kappa shape index (κ1) is 32.1. The van der Waals surface area contributed by atoms with Crippen LogP contribution in [0.15, 0.2) is 48.5 Å². The summed E-state index contributed by atoms with van der Waals surface area (Å²) in [6.07, 6.45) is -2.22. The van der Waals surface area contributed by atoms with E-state index in [2.05, 4.69) is 30.8 Å². The SMILES string of the molecule is CC(C)(C)C1CCC2(CC1)CCN(c1ccc(OC(F)(F)F)cc1)C(=O)N2Cc1ccc(C(=O)NC[C@@H](O)C(=O)O)cc1. The Labute approximate surface area is 248 Å². The third-order valence-electron chi connectivity index (χ3n) is 8.66. The number of benzene rings is 2. The van der Waals surface area contributed by atoms with Crippen molar-refractivity contribution in [3.05, 3.63) is 59.7 Å². The molecule has 0 unspecified atom stereocenters. The van der Waals surface area contributed by atoms with Crippen LogP contribution in [0.4, 0.5) is 23.7 Å². The molecule has 1 aliphatic heterocycles. The van der Waals surface area contributed by atoms with Crippen molar-refractivity contribution in [2.24, 2.45) is 11.3 Å². The van der Waals surface area contributed by atoms with Gasteiger partial charge < -0.3 is 25.2 Å². The highest BCUT2D eigenvalue weighted by atomic mass is 19.4. The van der Waals surface area contributed by atoms with Crippen LogP contribution in [-0.2, 0) is 11.3 Å². The Bertz CT molecular complexity index is 1300. The maximum Gasteiger partial charge on any atom is 0.573 e. The van der Waals surface area contributed by atoms with Crippen molar-refractivity contribution in [1.82, 2.24) is 10.2 Å². The van der Waals surface area contributed by atoms with Crippen LogP contribution in [0.1, 0.15) is 68.8 Å². The second-order valence-electron chi connectivity index (χ2n) is 12.4. The summed E-state index contributed by atoms with van der Waals surface area (Å²) in [4.78, 5) is 40.7. The van der Waals surface area contributed by atoms with Crippen molar-refractivity contribution >= 4 is 23.6 Å². The molecule has 12 heteroatoms. The van der Waals surface area contributed by atoms with E-state index < -0.39 is 30.9 Å². The van der Waals surface area contributed by atoms with Crippen LogP contribution in [0.3, 0.4) is 0 Å². The predicted octanol–water partition coefficient (Wildman–Crippen LogP) is 5.57. The van der Waals surface area contributed by atoms with Gasteiger partial charge in [-0.1, -0.05) is 32.9 Å². The maximum atomic E-state index is 14.1. The first-order chi connectivity index (χ1) is 20.1. The molecule has 2 aromatic carbocycles. The maximum absolute atomic E-state index is 14.1. The lowest BCUT2D eigenvalue weighted by Gasteiger charge is -2.54. The normalized spacial score (nSPS) is 21.9. The molecule has 234 valence electrons. The smallest absolute Gasteiger partial charge is 0.479 e. The molecule has 9 nitrogen and oxygen atoms in total. The van der Waals surface area contributed by atoms with Gasteiger partial charge in [0.2, 0.25) is 0 Å². The minimum absolute atomic E-state index is 0.147. The van der Waals surface area contributed by atoms with Crippen LogP contribution in [0.25, 0.3) is 0 Å². The van der Waals surface area contributed by atoms with Gasteiger partial charge in [-0.05, 0) is 85.4 Å². The quantitative estimate of drug-likeness (QED) is 0.362. The molecular weight excluding hydrogens is 567 g/mol. The van der Waals surface area contributed by atoms with Crippen LogP contribution in [-0.4, -0.2) is 64.1 Å². The van der Waals surface area contributed by atoms with Gasteiger partial charge in [0.1, 0.15) is 5.75 Å². The minimum Gasteiger partial charge on any atom is -0.479 e. The fourth-order valence-corrected chi connectivity index (χ4v) is 6.07. The summed E-state index contributed by atoms with van der Waals surface area (Å²) in [7, 11) is 0. The van der Waals surface area contributed by atoms with Gasteiger partial charge in [0, 0.05) is 29.9 Å². The molecule has 1 saturated carbocycles. The number of rotatable bonds is 8. The number of aliphatic hydroxyl groups is 1. The third-order valence-corrected chi connectivity index (χ3v) is 8.66. The van der Waals surface area contributed by atoms with E-state index >= 15 is 0 Å². The lowest BCUT2D eigenvalue weighted by molar-refractivity contribution is -0.274. The number of halogens is 3. The van der Waals surface area contributed by atoms with Crippen LogP contribution >= 0.6 is 0 Å². The van der Waals surface area contributed by atoms with Crippen LogP contribution in [0, 0.1) is 11.3 Å². The third kappa shape index (κ3) is 7.78. The van der Waals surface area contributed by atoms with Crippen molar-refractivity contribution < 1.29 is 42.5 Å². The molecule has 1 aliphatic carbocycles. The van der Waals surface area contributed by atoms with Gasteiger partial charge in [0.05, 0.1) is 6.54 Å². The molecule has 1 heterocycles. The molecule has 2 aromatic rings. The van der Waals surface area contributed by atoms with Crippen molar-refractivity contribution in [3.8, 4) is 5.75 Å². The zero-order valence-corrected chi connectivity index (χ0v) is 24.5. The van der Waals surface area contributed by atoms with Crippen molar-refractivity contribution in [3.63, 3.8) is 0 Å². The number of anilines is 1. The van der Waals surface area contributed by atoms with Gasteiger partial charge in [-0.3, -0.25) is 9.69 Å². The van der Waals surface area contributed by atoms with Gasteiger partial charge in [0.15, 0.2) is 6.10 Å². The van der Waals surface area contributed by atoms with Gasteiger partial charge in [-0.25, -0.2) is 9.59 Å². The van der Waals surface area contributed by atoms with Crippen LogP contribution in [0.2, 0.25) is 0 Å². The first-order valence-electron chi connectivity index (χ1n) is 14.3. The Morgan fingerprint density at radius 2 is 1.63 bits per heavy atom. The number of nitrogens with zero attached hydrogens (tertiary/aromatic N) is 2. The summed E-state index contributed by atoms with van der Waals surface area (Å²) < 4.78 is 41.9. The van der Waals surface area contributed by atoms with Crippen molar-refractivity contribution in [2.75, 3.05) is 18.0 Å². The Morgan fingerprint density at radius 1 is 1.02 bits per heavy atom. The number of carbonyl (C=O) groups excluding carboxylic acids is 2. The number of carboxylic acids is 1. The molecule has 0 bridgehead atoms. The zero-order valence-electron chi connectivity index (χ0n) is 24.5. The van der Waals surface area contributed by atoms with E-state index in [0.29, 0.717) is 24.6 Å². The molecule has 2 fully saturated rings.